The molecule has 0 radical (unpaired) electrons. The van der Waals surface area contributed by atoms with Gasteiger partial charge in [-0.3, -0.25) is 4.79 Å². The summed E-state index contributed by atoms with van der Waals surface area (Å²) in [5, 5.41) is 3.22. The predicted octanol–water partition coefficient (Wildman–Crippen LogP) is 2.91. The number of nitrogens with zero attached hydrogens (tertiary/aromatic N) is 1. The van der Waals surface area contributed by atoms with Crippen molar-refractivity contribution in [3.8, 4) is 0 Å². The van der Waals surface area contributed by atoms with Crippen LogP contribution in [0.25, 0.3) is 0 Å². The van der Waals surface area contributed by atoms with E-state index in [1.165, 1.54) is 6.42 Å². The molecule has 1 aliphatic rings. The molecule has 1 amide bonds. The highest BCUT2D eigenvalue weighted by molar-refractivity contribution is 5.81. The third kappa shape index (κ3) is 5.94. The van der Waals surface area contributed by atoms with E-state index >= 15 is 0 Å². The van der Waals surface area contributed by atoms with Gasteiger partial charge in [0.1, 0.15) is 0 Å². The standard InChI is InChI=1S/C16H32N2O/c1-15(2,3)9-12-8-13(11-18(7)10-12)17-14(19)16(4,5)6/h12-13H,8-11H2,1-7H3,(H,17,19). The van der Waals surface area contributed by atoms with Crippen molar-refractivity contribution < 1.29 is 4.79 Å². The minimum atomic E-state index is -0.296. The van der Waals surface area contributed by atoms with Gasteiger partial charge in [-0.2, -0.15) is 0 Å². The maximum Gasteiger partial charge on any atom is 0.225 e. The van der Waals surface area contributed by atoms with Crippen LogP contribution in [0, 0.1) is 16.7 Å². The molecular weight excluding hydrogens is 236 g/mol. The van der Waals surface area contributed by atoms with E-state index in [1.54, 1.807) is 0 Å². The average Bonchev–Trinajstić information content (AvgIpc) is 2.11. The third-order valence-electron chi connectivity index (χ3n) is 3.64. The molecule has 112 valence electrons. The van der Waals surface area contributed by atoms with Crippen LogP contribution in [0.15, 0.2) is 0 Å². The number of hydrogen-bond donors (Lipinski definition) is 1. The highest BCUT2D eigenvalue weighted by Crippen LogP contribution is 2.30. The molecule has 2 atom stereocenters. The van der Waals surface area contributed by atoms with E-state index in [1.807, 2.05) is 20.8 Å². The molecule has 0 bridgehead atoms. The van der Waals surface area contributed by atoms with Gasteiger partial charge in [-0.1, -0.05) is 41.5 Å². The molecule has 19 heavy (non-hydrogen) atoms. The van der Waals surface area contributed by atoms with E-state index in [2.05, 4.69) is 38.0 Å². The summed E-state index contributed by atoms with van der Waals surface area (Å²) in [7, 11) is 2.16. The Balaban J connectivity index is 2.58. The van der Waals surface area contributed by atoms with Crippen LogP contribution in [-0.4, -0.2) is 37.0 Å². The fraction of sp³-hybridized carbons (Fsp3) is 0.938. The van der Waals surface area contributed by atoms with Crippen LogP contribution in [0.1, 0.15) is 54.4 Å². The summed E-state index contributed by atoms with van der Waals surface area (Å²) in [6.45, 7) is 14.9. The van der Waals surface area contributed by atoms with Gasteiger partial charge in [0.25, 0.3) is 0 Å². The number of nitrogens with one attached hydrogen (secondary N) is 1. The molecule has 0 saturated carbocycles. The molecule has 1 N–H and O–H groups in total. The summed E-state index contributed by atoms with van der Waals surface area (Å²) >= 11 is 0. The van der Waals surface area contributed by atoms with Gasteiger partial charge < -0.3 is 10.2 Å². The van der Waals surface area contributed by atoms with Crippen molar-refractivity contribution in [2.24, 2.45) is 16.7 Å². The summed E-state index contributed by atoms with van der Waals surface area (Å²) in [4.78, 5) is 14.5. The quantitative estimate of drug-likeness (QED) is 0.835. The van der Waals surface area contributed by atoms with Gasteiger partial charge in [0, 0.05) is 24.5 Å². The monoisotopic (exact) mass is 268 g/mol. The first-order valence-electron chi connectivity index (χ1n) is 7.47. The largest absolute Gasteiger partial charge is 0.352 e. The number of likely N-dealkylation sites (tertiary alicyclic amines) is 1. The summed E-state index contributed by atoms with van der Waals surface area (Å²) in [6.07, 6.45) is 2.34. The first-order chi connectivity index (χ1) is 8.47. The molecule has 1 heterocycles. The molecule has 3 nitrogen and oxygen atoms in total. The van der Waals surface area contributed by atoms with Crippen LogP contribution in [0.2, 0.25) is 0 Å². The molecule has 1 saturated heterocycles. The number of rotatable bonds is 2. The number of amides is 1. The summed E-state index contributed by atoms with van der Waals surface area (Å²) < 4.78 is 0. The van der Waals surface area contributed by atoms with E-state index in [0.717, 1.165) is 19.5 Å². The lowest BCUT2D eigenvalue weighted by Crippen LogP contribution is -2.52. The Bertz CT molecular complexity index is 312. The molecule has 3 heteroatoms. The average molecular weight is 268 g/mol. The zero-order valence-corrected chi connectivity index (χ0v) is 13.8. The normalized spacial score (nSPS) is 26.3. The van der Waals surface area contributed by atoms with Gasteiger partial charge in [-0.05, 0) is 31.2 Å². The smallest absolute Gasteiger partial charge is 0.225 e. The Labute approximate surface area is 119 Å². The first kappa shape index (κ1) is 16.5. The van der Waals surface area contributed by atoms with Gasteiger partial charge in [0.05, 0.1) is 0 Å². The molecule has 1 fully saturated rings. The van der Waals surface area contributed by atoms with Gasteiger partial charge in [-0.15, -0.1) is 0 Å². The Morgan fingerprint density at radius 3 is 2.21 bits per heavy atom. The molecule has 0 aromatic rings. The molecule has 1 aliphatic heterocycles. The second kappa shape index (κ2) is 5.82. The lowest BCUT2D eigenvalue weighted by molar-refractivity contribution is -0.129. The van der Waals surface area contributed by atoms with Crippen molar-refractivity contribution in [2.45, 2.75) is 60.4 Å². The summed E-state index contributed by atoms with van der Waals surface area (Å²) in [5.41, 5.74) is 0.0664. The van der Waals surface area contributed by atoms with Crippen molar-refractivity contribution in [3.63, 3.8) is 0 Å². The van der Waals surface area contributed by atoms with Crippen LogP contribution in [0.4, 0.5) is 0 Å². The minimum Gasteiger partial charge on any atom is -0.352 e. The topological polar surface area (TPSA) is 32.3 Å². The third-order valence-corrected chi connectivity index (χ3v) is 3.64. The van der Waals surface area contributed by atoms with Gasteiger partial charge in [0.15, 0.2) is 0 Å². The predicted molar refractivity (Wildman–Crippen MR) is 81.1 cm³/mol. The number of carbonyl (C=O) groups is 1. The Kier molecular flexibility index (Phi) is 5.05. The van der Waals surface area contributed by atoms with E-state index in [9.17, 15) is 4.79 Å². The van der Waals surface area contributed by atoms with Crippen LogP contribution in [-0.2, 0) is 4.79 Å². The zero-order valence-electron chi connectivity index (χ0n) is 13.8. The molecular formula is C16H32N2O. The number of piperidine rings is 1. The molecule has 1 rings (SSSR count). The first-order valence-corrected chi connectivity index (χ1v) is 7.47. The molecule has 0 aromatic carbocycles. The van der Waals surface area contributed by atoms with Crippen molar-refractivity contribution in [1.82, 2.24) is 10.2 Å². The van der Waals surface area contributed by atoms with E-state index in [0.29, 0.717) is 17.4 Å². The van der Waals surface area contributed by atoms with Crippen molar-refractivity contribution in [1.29, 1.82) is 0 Å². The fourth-order valence-corrected chi connectivity index (χ4v) is 2.96. The Hall–Kier alpha value is -0.570. The highest BCUT2D eigenvalue weighted by atomic mass is 16.2. The Morgan fingerprint density at radius 1 is 1.16 bits per heavy atom. The van der Waals surface area contributed by atoms with E-state index in [-0.39, 0.29) is 11.3 Å². The van der Waals surface area contributed by atoms with Crippen LogP contribution >= 0.6 is 0 Å². The van der Waals surface area contributed by atoms with Gasteiger partial charge in [0.2, 0.25) is 5.91 Å². The van der Waals surface area contributed by atoms with E-state index < -0.39 is 0 Å². The second-order valence-electron chi connectivity index (χ2n) is 8.51. The number of carbonyl (C=O) groups excluding carboxylic acids is 1. The van der Waals surface area contributed by atoms with Crippen molar-refractivity contribution >= 4 is 5.91 Å². The van der Waals surface area contributed by atoms with Crippen LogP contribution in [0.3, 0.4) is 0 Å². The number of hydrogen-bond acceptors (Lipinski definition) is 2. The van der Waals surface area contributed by atoms with Crippen molar-refractivity contribution in [3.05, 3.63) is 0 Å². The van der Waals surface area contributed by atoms with E-state index in [4.69, 9.17) is 0 Å². The van der Waals surface area contributed by atoms with Crippen LogP contribution in [0.5, 0.6) is 0 Å². The maximum atomic E-state index is 12.1. The lowest BCUT2D eigenvalue weighted by atomic mass is 9.80. The van der Waals surface area contributed by atoms with Gasteiger partial charge >= 0.3 is 0 Å². The molecule has 2 unspecified atom stereocenters. The summed E-state index contributed by atoms with van der Waals surface area (Å²) in [5.74, 6) is 0.853. The fourth-order valence-electron chi connectivity index (χ4n) is 2.96. The highest BCUT2D eigenvalue weighted by Gasteiger charge is 2.31. The zero-order chi connectivity index (χ0) is 14.8. The lowest BCUT2D eigenvalue weighted by Gasteiger charge is -2.39. The number of likely N-dealkylation sites (N-methyl/N-ethyl adjacent to an activating group) is 1. The molecule has 0 aliphatic carbocycles. The summed E-state index contributed by atoms with van der Waals surface area (Å²) in [6, 6.07) is 0.304. The van der Waals surface area contributed by atoms with Crippen molar-refractivity contribution in [2.75, 3.05) is 20.1 Å². The minimum absolute atomic E-state index is 0.169. The molecule has 0 aromatic heterocycles. The second-order valence-corrected chi connectivity index (χ2v) is 8.51. The van der Waals surface area contributed by atoms with Crippen LogP contribution < -0.4 is 5.32 Å². The van der Waals surface area contributed by atoms with Gasteiger partial charge in [-0.25, -0.2) is 0 Å². The Morgan fingerprint density at radius 2 is 1.74 bits per heavy atom. The molecule has 0 spiro atoms. The maximum absolute atomic E-state index is 12.1. The SMILES string of the molecule is CN1CC(CC(C)(C)C)CC(NC(=O)C(C)(C)C)C1.